The molecule has 1 saturated carbocycles. The molecule has 1 aliphatic heterocycles. The quantitative estimate of drug-likeness (QED) is 0.797. The molecule has 4 nitrogen and oxygen atoms in total. The molecule has 1 amide bonds. The fourth-order valence-electron chi connectivity index (χ4n) is 3.41. The Morgan fingerprint density at radius 1 is 1.27 bits per heavy atom. The number of aliphatic hydroxyl groups is 1. The summed E-state index contributed by atoms with van der Waals surface area (Å²) in [7, 11) is 0. The first-order valence-electron chi connectivity index (χ1n) is 8.44. The maximum atomic E-state index is 11.8. The maximum Gasteiger partial charge on any atom is 0.222 e. The van der Waals surface area contributed by atoms with Crippen molar-refractivity contribution in [3.8, 4) is 0 Å². The molecule has 1 aromatic rings. The molecule has 2 aliphatic rings. The highest BCUT2D eigenvalue weighted by atomic mass is 16.3. The van der Waals surface area contributed by atoms with Crippen molar-refractivity contribution in [1.82, 2.24) is 9.80 Å². The standard InChI is InChI=1S/C18H26N2O2/c21-14-17(16-8-9-16)20(13-15-5-2-1-3-6-15)12-11-19-10-4-7-18(19)22/h1-3,5-6,16-17,21H,4,7-14H2. The van der Waals surface area contributed by atoms with Gasteiger partial charge in [0.1, 0.15) is 0 Å². The number of carbonyl (C=O) groups excluding carboxylic acids is 1. The summed E-state index contributed by atoms with van der Waals surface area (Å²) in [6.45, 7) is 3.60. The lowest BCUT2D eigenvalue weighted by atomic mass is 10.1. The highest BCUT2D eigenvalue weighted by Crippen LogP contribution is 2.35. The topological polar surface area (TPSA) is 43.8 Å². The van der Waals surface area contributed by atoms with Gasteiger partial charge in [-0.25, -0.2) is 0 Å². The Kier molecular flexibility index (Phi) is 5.11. The van der Waals surface area contributed by atoms with E-state index in [1.165, 1.54) is 18.4 Å². The SMILES string of the molecule is O=C1CCCN1CCN(Cc1ccccc1)C(CO)C1CC1. The Hall–Kier alpha value is -1.39. The Labute approximate surface area is 132 Å². The highest BCUT2D eigenvalue weighted by molar-refractivity contribution is 5.78. The maximum absolute atomic E-state index is 11.8. The smallest absolute Gasteiger partial charge is 0.222 e. The molecule has 1 N–H and O–H groups in total. The lowest BCUT2D eigenvalue weighted by molar-refractivity contribution is -0.128. The van der Waals surface area contributed by atoms with Gasteiger partial charge in [-0.15, -0.1) is 0 Å². The summed E-state index contributed by atoms with van der Waals surface area (Å²) >= 11 is 0. The van der Waals surface area contributed by atoms with E-state index in [4.69, 9.17) is 0 Å². The van der Waals surface area contributed by atoms with Crippen LogP contribution in [0.2, 0.25) is 0 Å². The molecule has 22 heavy (non-hydrogen) atoms. The first-order valence-corrected chi connectivity index (χ1v) is 8.44. The van der Waals surface area contributed by atoms with Gasteiger partial charge in [-0.2, -0.15) is 0 Å². The van der Waals surface area contributed by atoms with Gasteiger partial charge >= 0.3 is 0 Å². The van der Waals surface area contributed by atoms with E-state index in [1.54, 1.807) is 0 Å². The predicted molar refractivity (Wildman–Crippen MR) is 86.3 cm³/mol. The molecule has 1 saturated heterocycles. The molecular formula is C18H26N2O2. The number of rotatable bonds is 8. The van der Waals surface area contributed by atoms with Crippen molar-refractivity contribution in [3.05, 3.63) is 35.9 Å². The summed E-state index contributed by atoms with van der Waals surface area (Å²) in [6, 6.07) is 10.6. The van der Waals surface area contributed by atoms with Gasteiger partial charge in [0.15, 0.2) is 0 Å². The van der Waals surface area contributed by atoms with E-state index < -0.39 is 0 Å². The van der Waals surface area contributed by atoms with Crippen molar-refractivity contribution < 1.29 is 9.90 Å². The fraction of sp³-hybridized carbons (Fsp3) is 0.611. The Morgan fingerprint density at radius 2 is 2.05 bits per heavy atom. The van der Waals surface area contributed by atoms with Crippen LogP contribution in [-0.4, -0.2) is 53.1 Å². The Bertz CT molecular complexity index is 487. The van der Waals surface area contributed by atoms with Crippen LogP contribution >= 0.6 is 0 Å². The first-order chi connectivity index (χ1) is 10.8. The van der Waals surface area contributed by atoms with E-state index >= 15 is 0 Å². The minimum atomic E-state index is 0.214. The van der Waals surface area contributed by atoms with Crippen LogP contribution in [0.4, 0.5) is 0 Å². The van der Waals surface area contributed by atoms with Crippen LogP contribution in [0.15, 0.2) is 30.3 Å². The molecule has 1 heterocycles. The molecule has 0 bridgehead atoms. The second-order valence-electron chi connectivity index (χ2n) is 6.53. The van der Waals surface area contributed by atoms with Crippen LogP contribution in [0.5, 0.6) is 0 Å². The molecular weight excluding hydrogens is 276 g/mol. The van der Waals surface area contributed by atoms with E-state index in [0.717, 1.165) is 32.6 Å². The van der Waals surface area contributed by atoms with Crippen molar-refractivity contribution in [3.63, 3.8) is 0 Å². The predicted octanol–water partition coefficient (Wildman–Crippen LogP) is 1.88. The lowest BCUT2D eigenvalue weighted by Gasteiger charge is -2.32. The molecule has 4 heteroatoms. The number of hydrogen-bond donors (Lipinski definition) is 1. The van der Waals surface area contributed by atoms with Crippen molar-refractivity contribution in [2.75, 3.05) is 26.2 Å². The van der Waals surface area contributed by atoms with Crippen molar-refractivity contribution in [1.29, 1.82) is 0 Å². The molecule has 2 fully saturated rings. The molecule has 1 aliphatic carbocycles. The third-order valence-corrected chi connectivity index (χ3v) is 4.88. The normalized spacial score (nSPS) is 19.9. The summed E-state index contributed by atoms with van der Waals surface area (Å²) in [5.41, 5.74) is 1.27. The van der Waals surface area contributed by atoms with Crippen molar-refractivity contribution in [2.45, 2.75) is 38.3 Å². The zero-order valence-electron chi connectivity index (χ0n) is 13.2. The van der Waals surface area contributed by atoms with E-state index in [-0.39, 0.29) is 18.6 Å². The summed E-state index contributed by atoms with van der Waals surface area (Å²) in [5.74, 6) is 0.912. The summed E-state index contributed by atoms with van der Waals surface area (Å²) in [6.07, 6.45) is 4.13. The van der Waals surface area contributed by atoms with E-state index in [2.05, 4.69) is 29.2 Å². The molecule has 0 spiro atoms. The largest absolute Gasteiger partial charge is 0.395 e. The molecule has 1 unspecified atom stereocenters. The highest BCUT2D eigenvalue weighted by Gasteiger charge is 2.35. The van der Waals surface area contributed by atoms with Crippen molar-refractivity contribution in [2.24, 2.45) is 5.92 Å². The molecule has 3 rings (SSSR count). The van der Waals surface area contributed by atoms with Crippen molar-refractivity contribution >= 4 is 5.91 Å². The molecule has 1 atom stereocenters. The van der Waals surface area contributed by atoms with E-state index in [0.29, 0.717) is 12.3 Å². The van der Waals surface area contributed by atoms with Gasteiger partial charge in [-0.05, 0) is 30.7 Å². The zero-order chi connectivity index (χ0) is 15.4. The monoisotopic (exact) mass is 302 g/mol. The number of aliphatic hydroxyl groups excluding tert-OH is 1. The fourth-order valence-corrected chi connectivity index (χ4v) is 3.41. The van der Waals surface area contributed by atoms with Crippen LogP contribution in [-0.2, 0) is 11.3 Å². The zero-order valence-corrected chi connectivity index (χ0v) is 13.2. The third-order valence-electron chi connectivity index (χ3n) is 4.88. The second-order valence-corrected chi connectivity index (χ2v) is 6.53. The Balaban J connectivity index is 1.63. The van der Waals surface area contributed by atoms with Crippen LogP contribution < -0.4 is 0 Å². The summed E-state index contributed by atoms with van der Waals surface area (Å²) < 4.78 is 0. The van der Waals surface area contributed by atoms with Gasteiger partial charge < -0.3 is 10.0 Å². The minimum absolute atomic E-state index is 0.214. The van der Waals surface area contributed by atoms with Gasteiger partial charge in [-0.1, -0.05) is 30.3 Å². The average Bonchev–Trinajstić information content (AvgIpc) is 3.29. The summed E-state index contributed by atoms with van der Waals surface area (Å²) in [4.78, 5) is 16.1. The van der Waals surface area contributed by atoms with E-state index in [1.807, 2.05) is 11.0 Å². The van der Waals surface area contributed by atoms with Crippen LogP contribution in [0.3, 0.4) is 0 Å². The number of likely N-dealkylation sites (tertiary alicyclic amines) is 1. The van der Waals surface area contributed by atoms with E-state index in [9.17, 15) is 9.90 Å². The molecule has 120 valence electrons. The number of benzene rings is 1. The first kappa shape index (κ1) is 15.5. The minimum Gasteiger partial charge on any atom is -0.395 e. The number of nitrogens with zero attached hydrogens (tertiary/aromatic N) is 2. The number of hydrogen-bond acceptors (Lipinski definition) is 3. The average molecular weight is 302 g/mol. The van der Waals surface area contributed by atoms with Gasteiger partial charge in [0.05, 0.1) is 6.61 Å². The second kappa shape index (κ2) is 7.25. The molecule has 0 aromatic heterocycles. The van der Waals surface area contributed by atoms with Gasteiger partial charge in [0.25, 0.3) is 0 Å². The number of amides is 1. The van der Waals surface area contributed by atoms with Gasteiger partial charge in [0, 0.05) is 38.6 Å². The van der Waals surface area contributed by atoms with Crippen LogP contribution in [0.1, 0.15) is 31.2 Å². The molecule has 1 aromatic carbocycles. The van der Waals surface area contributed by atoms with Gasteiger partial charge in [0.2, 0.25) is 5.91 Å². The number of carbonyl (C=O) groups is 1. The third kappa shape index (κ3) is 3.87. The lowest BCUT2D eigenvalue weighted by Crippen LogP contribution is -2.44. The summed E-state index contributed by atoms with van der Waals surface area (Å²) in [5, 5.41) is 9.81. The Morgan fingerprint density at radius 3 is 2.64 bits per heavy atom. The molecule has 0 radical (unpaired) electrons. The van der Waals surface area contributed by atoms with Crippen LogP contribution in [0.25, 0.3) is 0 Å². The van der Waals surface area contributed by atoms with Crippen LogP contribution in [0, 0.1) is 5.92 Å². The van der Waals surface area contributed by atoms with Gasteiger partial charge in [-0.3, -0.25) is 9.69 Å².